The van der Waals surface area contributed by atoms with Gasteiger partial charge in [0.2, 0.25) is 5.91 Å². The van der Waals surface area contributed by atoms with Crippen LogP contribution in [0.1, 0.15) is 40.9 Å². The molecule has 0 heterocycles. The first-order chi connectivity index (χ1) is 16.0. The molecule has 0 radical (unpaired) electrons. The maximum atomic E-state index is 12.8. The number of benzene rings is 3. The SMILES string of the molecule is CC(OC(=O)c1ccc(NC(=O)CC#N)cc1)C(=O)NC(c1ccccc1)c1ccccc1. The summed E-state index contributed by atoms with van der Waals surface area (Å²) in [6, 6.07) is 26.4. The highest BCUT2D eigenvalue weighted by Gasteiger charge is 2.23. The summed E-state index contributed by atoms with van der Waals surface area (Å²) < 4.78 is 5.35. The summed E-state index contributed by atoms with van der Waals surface area (Å²) in [4.78, 5) is 36.8. The van der Waals surface area contributed by atoms with E-state index >= 15 is 0 Å². The van der Waals surface area contributed by atoms with Gasteiger partial charge in [-0.05, 0) is 42.3 Å². The number of amides is 2. The van der Waals surface area contributed by atoms with Crippen LogP contribution >= 0.6 is 0 Å². The van der Waals surface area contributed by atoms with E-state index < -0.39 is 29.9 Å². The van der Waals surface area contributed by atoms with Crippen LogP contribution in [0.4, 0.5) is 5.69 Å². The molecular formula is C26H23N3O4. The van der Waals surface area contributed by atoms with Gasteiger partial charge in [-0.2, -0.15) is 5.26 Å². The van der Waals surface area contributed by atoms with E-state index in [1.165, 1.54) is 31.2 Å². The van der Waals surface area contributed by atoms with E-state index in [1.807, 2.05) is 60.7 Å². The van der Waals surface area contributed by atoms with Gasteiger partial charge in [0.15, 0.2) is 6.10 Å². The number of carbonyl (C=O) groups is 3. The number of rotatable bonds is 8. The third kappa shape index (κ3) is 6.52. The zero-order valence-electron chi connectivity index (χ0n) is 18.0. The standard InChI is InChI=1S/C26H23N3O4/c1-18(33-26(32)21-12-14-22(15-13-21)28-23(30)16-17-27)25(31)29-24(19-8-4-2-5-9-19)20-10-6-3-7-11-20/h2-15,18,24H,16H2,1H3,(H,28,30)(H,29,31). The van der Waals surface area contributed by atoms with Gasteiger partial charge in [-0.1, -0.05) is 60.7 Å². The van der Waals surface area contributed by atoms with Crippen molar-refractivity contribution in [2.45, 2.75) is 25.5 Å². The Morgan fingerprint density at radius 1 is 0.879 bits per heavy atom. The summed E-state index contributed by atoms with van der Waals surface area (Å²) >= 11 is 0. The Labute approximate surface area is 192 Å². The molecule has 33 heavy (non-hydrogen) atoms. The van der Waals surface area contributed by atoms with Crippen molar-refractivity contribution >= 4 is 23.5 Å². The molecule has 0 aromatic heterocycles. The summed E-state index contributed by atoms with van der Waals surface area (Å²) in [5.41, 5.74) is 2.50. The van der Waals surface area contributed by atoms with E-state index in [-0.39, 0.29) is 12.0 Å². The molecule has 0 bridgehead atoms. The molecule has 1 unspecified atom stereocenters. The predicted octanol–water partition coefficient (Wildman–Crippen LogP) is 3.99. The lowest BCUT2D eigenvalue weighted by molar-refractivity contribution is -0.129. The molecule has 0 saturated carbocycles. The molecule has 3 aromatic rings. The van der Waals surface area contributed by atoms with Gasteiger partial charge in [0.05, 0.1) is 17.7 Å². The summed E-state index contributed by atoms with van der Waals surface area (Å²) in [6.07, 6.45) is -1.29. The number of esters is 1. The molecule has 0 fully saturated rings. The van der Waals surface area contributed by atoms with Gasteiger partial charge >= 0.3 is 5.97 Å². The third-order valence-electron chi connectivity index (χ3n) is 4.85. The number of anilines is 1. The Balaban J connectivity index is 1.65. The molecule has 3 rings (SSSR count). The van der Waals surface area contributed by atoms with Crippen LogP contribution in [0, 0.1) is 11.3 Å². The van der Waals surface area contributed by atoms with Gasteiger partial charge in [0, 0.05) is 5.69 Å². The van der Waals surface area contributed by atoms with E-state index in [1.54, 1.807) is 6.07 Å². The lowest BCUT2D eigenvalue weighted by atomic mass is 9.98. The van der Waals surface area contributed by atoms with Gasteiger partial charge in [-0.3, -0.25) is 9.59 Å². The number of nitrogens with one attached hydrogen (secondary N) is 2. The van der Waals surface area contributed by atoms with Gasteiger partial charge < -0.3 is 15.4 Å². The average molecular weight is 441 g/mol. The number of hydrogen-bond acceptors (Lipinski definition) is 5. The summed E-state index contributed by atoms with van der Waals surface area (Å²) in [7, 11) is 0. The molecule has 0 spiro atoms. The molecule has 1 atom stereocenters. The molecule has 3 aromatic carbocycles. The third-order valence-corrected chi connectivity index (χ3v) is 4.85. The number of ether oxygens (including phenoxy) is 1. The lowest BCUT2D eigenvalue weighted by Gasteiger charge is -2.22. The Morgan fingerprint density at radius 2 is 1.42 bits per heavy atom. The van der Waals surface area contributed by atoms with Crippen molar-refractivity contribution in [3.05, 3.63) is 102 Å². The second-order valence-electron chi connectivity index (χ2n) is 7.27. The minimum Gasteiger partial charge on any atom is -0.449 e. The van der Waals surface area contributed by atoms with Crippen LogP contribution < -0.4 is 10.6 Å². The molecule has 0 aliphatic carbocycles. The monoisotopic (exact) mass is 441 g/mol. The number of nitrogens with zero attached hydrogens (tertiary/aromatic N) is 1. The maximum Gasteiger partial charge on any atom is 0.338 e. The minimum atomic E-state index is -1.03. The Bertz CT molecular complexity index is 1100. The van der Waals surface area contributed by atoms with Crippen molar-refractivity contribution in [1.29, 1.82) is 5.26 Å². The highest BCUT2D eigenvalue weighted by atomic mass is 16.5. The molecule has 0 aliphatic rings. The fourth-order valence-corrected chi connectivity index (χ4v) is 3.16. The topological polar surface area (TPSA) is 108 Å². The molecule has 7 heteroatoms. The molecular weight excluding hydrogens is 418 g/mol. The van der Waals surface area contributed by atoms with E-state index in [0.29, 0.717) is 5.69 Å². The van der Waals surface area contributed by atoms with Gasteiger partial charge in [-0.15, -0.1) is 0 Å². The smallest absolute Gasteiger partial charge is 0.338 e. The molecule has 7 nitrogen and oxygen atoms in total. The Kier molecular flexibility index (Phi) is 7.92. The van der Waals surface area contributed by atoms with Crippen LogP contribution in [0.3, 0.4) is 0 Å². The Morgan fingerprint density at radius 3 is 1.94 bits per heavy atom. The quantitative estimate of drug-likeness (QED) is 0.514. The normalized spacial score (nSPS) is 11.2. The van der Waals surface area contributed by atoms with Crippen molar-refractivity contribution < 1.29 is 19.1 Å². The number of nitriles is 1. The molecule has 2 N–H and O–H groups in total. The summed E-state index contributed by atoms with van der Waals surface area (Å²) in [5.74, 6) is -1.53. The van der Waals surface area contributed by atoms with Crippen LogP contribution in [-0.4, -0.2) is 23.9 Å². The van der Waals surface area contributed by atoms with Crippen LogP contribution in [0.15, 0.2) is 84.9 Å². The van der Waals surface area contributed by atoms with E-state index in [4.69, 9.17) is 10.00 Å². The van der Waals surface area contributed by atoms with Crippen LogP contribution in [0.2, 0.25) is 0 Å². The van der Waals surface area contributed by atoms with E-state index in [9.17, 15) is 14.4 Å². The van der Waals surface area contributed by atoms with E-state index in [2.05, 4.69) is 10.6 Å². The van der Waals surface area contributed by atoms with Gasteiger partial charge in [0.1, 0.15) is 6.42 Å². The second kappa shape index (κ2) is 11.3. The molecule has 166 valence electrons. The van der Waals surface area contributed by atoms with Crippen molar-refractivity contribution in [3.8, 4) is 6.07 Å². The largest absolute Gasteiger partial charge is 0.449 e. The highest BCUT2D eigenvalue weighted by molar-refractivity contribution is 5.94. The van der Waals surface area contributed by atoms with Crippen molar-refractivity contribution in [1.82, 2.24) is 5.32 Å². The van der Waals surface area contributed by atoms with Crippen molar-refractivity contribution in [2.24, 2.45) is 0 Å². The van der Waals surface area contributed by atoms with Gasteiger partial charge in [-0.25, -0.2) is 4.79 Å². The van der Waals surface area contributed by atoms with Crippen molar-refractivity contribution in [3.63, 3.8) is 0 Å². The maximum absolute atomic E-state index is 12.8. The minimum absolute atomic E-state index is 0.232. The molecule has 0 aliphatic heterocycles. The highest BCUT2D eigenvalue weighted by Crippen LogP contribution is 2.22. The zero-order valence-corrected chi connectivity index (χ0v) is 18.0. The predicted molar refractivity (Wildman–Crippen MR) is 123 cm³/mol. The zero-order chi connectivity index (χ0) is 23.6. The summed E-state index contributed by atoms with van der Waals surface area (Å²) in [6.45, 7) is 1.51. The first-order valence-electron chi connectivity index (χ1n) is 10.4. The molecule has 2 amide bonds. The second-order valence-corrected chi connectivity index (χ2v) is 7.27. The van der Waals surface area contributed by atoms with Crippen LogP contribution in [-0.2, 0) is 14.3 Å². The lowest BCUT2D eigenvalue weighted by Crippen LogP contribution is -2.38. The first kappa shape index (κ1) is 23.2. The summed E-state index contributed by atoms with van der Waals surface area (Å²) in [5, 5.41) is 14.0. The fourth-order valence-electron chi connectivity index (χ4n) is 3.16. The number of carbonyl (C=O) groups excluding carboxylic acids is 3. The van der Waals surface area contributed by atoms with Crippen LogP contribution in [0.25, 0.3) is 0 Å². The number of hydrogen-bond donors (Lipinski definition) is 2. The van der Waals surface area contributed by atoms with E-state index in [0.717, 1.165) is 11.1 Å². The first-order valence-corrected chi connectivity index (χ1v) is 10.4. The Hall–Kier alpha value is -4.44. The van der Waals surface area contributed by atoms with Gasteiger partial charge in [0.25, 0.3) is 5.91 Å². The van der Waals surface area contributed by atoms with Crippen LogP contribution in [0.5, 0.6) is 0 Å². The average Bonchev–Trinajstić information content (AvgIpc) is 2.84. The fraction of sp³-hybridized carbons (Fsp3) is 0.154. The molecule has 0 saturated heterocycles. The van der Waals surface area contributed by atoms with Crippen molar-refractivity contribution in [2.75, 3.05) is 5.32 Å².